The van der Waals surface area contributed by atoms with Crippen LogP contribution in [0.2, 0.25) is 10.0 Å². The summed E-state index contributed by atoms with van der Waals surface area (Å²) in [6.45, 7) is 0. The summed E-state index contributed by atoms with van der Waals surface area (Å²) >= 11 is 12.2. The highest BCUT2D eigenvalue weighted by Crippen LogP contribution is 2.38. The van der Waals surface area contributed by atoms with Gasteiger partial charge in [0.25, 0.3) is 11.6 Å². The molecule has 31 heavy (non-hydrogen) atoms. The molecule has 0 saturated carbocycles. The number of carbonyl (C=O) groups excluding carboxylic acids is 1. The van der Waals surface area contributed by atoms with Gasteiger partial charge in [-0.25, -0.2) is 5.01 Å². The van der Waals surface area contributed by atoms with Crippen LogP contribution >= 0.6 is 23.2 Å². The van der Waals surface area contributed by atoms with Crippen LogP contribution in [-0.4, -0.2) is 26.7 Å². The molecule has 0 fully saturated rings. The van der Waals surface area contributed by atoms with Crippen molar-refractivity contribution >= 4 is 40.5 Å². The molecule has 0 saturated heterocycles. The Labute approximate surface area is 187 Å². The summed E-state index contributed by atoms with van der Waals surface area (Å²) in [6, 6.07) is 16.7. The van der Waals surface area contributed by atoms with E-state index in [2.05, 4.69) is 5.10 Å². The number of hydrazone groups is 1. The van der Waals surface area contributed by atoms with Crippen molar-refractivity contribution in [3.05, 3.63) is 104 Å². The Bertz CT molecular complexity index is 1210. The first-order valence-corrected chi connectivity index (χ1v) is 9.99. The molecule has 0 aliphatic carbocycles. The fraction of sp³-hybridized carbons (Fsp3) is 0.0909. The van der Waals surface area contributed by atoms with E-state index in [1.165, 1.54) is 23.2 Å². The number of aromatic hydroxyl groups is 1. The zero-order chi connectivity index (χ0) is 22.1. The third kappa shape index (κ3) is 4.10. The monoisotopic (exact) mass is 455 g/mol. The zero-order valence-electron chi connectivity index (χ0n) is 15.9. The van der Waals surface area contributed by atoms with Gasteiger partial charge in [0.1, 0.15) is 5.75 Å². The third-order valence-electron chi connectivity index (χ3n) is 4.98. The summed E-state index contributed by atoms with van der Waals surface area (Å²) in [4.78, 5) is 23.9. The Morgan fingerprint density at radius 2 is 1.81 bits per heavy atom. The van der Waals surface area contributed by atoms with E-state index in [0.29, 0.717) is 22.7 Å². The lowest BCUT2D eigenvalue weighted by atomic mass is 9.97. The number of nitro groups is 1. The number of phenols is 1. The smallest absolute Gasteiger partial charge is 0.276 e. The molecule has 0 radical (unpaired) electrons. The van der Waals surface area contributed by atoms with E-state index in [0.717, 1.165) is 11.6 Å². The molecule has 1 aliphatic rings. The zero-order valence-corrected chi connectivity index (χ0v) is 17.4. The molecule has 1 aliphatic heterocycles. The van der Waals surface area contributed by atoms with E-state index in [1.54, 1.807) is 42.5 Å². The van der Waals surface area contributed by atoms with Crippen LogP contribution in [0.1, 0.15) is 33.9 Å². The van der Waals surface area contributed by atoms with Crippen molar-refractivity contribution in [3.8, 4) is 5.75 Å². The van der Waals surface area contributed by atoms with E-state index in [9.17, 15) is 20.0 Å². The summed E-state index contributed by atoms with van der Waals surface area (Å²) < 4.78 is 0. The summed E-state index contributed by atoms with van der Waals surface area (Å²) in [6.07, 6.45) is 0.331. The first kappa shape index (κ1) is 20.8. The van der Waals surface area contributed by atoms with Crippen LogP contribution in [0.15, 0.2) is 71.8 Å². The Morgan fingerprint density at radius 3 is 2.48 bits per heavy atom. The van der Waals surface area contributed by atoms with Crippen LogP contribution in [0.5, 0.6) is 5.75 Å². The number of nitrogens with zero attached hydrogens (tertiary/aromatic N) is 3. The van der Waals surface area contributed by atoms with Crippen LogP contribution in [0, 0.1) is 10.1 Å². The molecule has 0 bridgehead atoms. The normalized spacial score (nSPS) is 15.6. The van der Waals surface area contributed by atoms with Gasteiger partial charge < -0.3 is 5.11 Å². The van der Waals surface area contributed by atoms with Gasteiger partial charge in [0.2, 0.25) is 0 Å². The molecule has 1 N–H and O–H groups in total. The van der Waals surface area contributed by atoms with Gasteiger partial charge in [0.05, 0.1) is 27.3 Å². The van der Waals surface area contributed by atoms with Crippen LogP contribution < -0.4 is 0 Å². The fourth-order valence-corrected chi connectivity index (χ4v) is 3.76. The van der Waals surface area contributed by atoms with Gasteiger partial charge in [-0.1, -0.05) is 53.5 Å². The van der Waals surface area contributed by atoms with Crippen LogP contribution in [0.25, 0.3) is 0 Å². The number of benzene rings is 3. The molecule has 7 nitrogen and oxygen atoms in total. The average molecular weight is 456 g/mol. The van der Waals surface area contributed by atoms with Crippen LogP contribution in [0.4, 0.5) is 5.69 Å². The van der Waals surface area contributed by atoms with Gasteiger partial charge >= 0.3 is 0 Å². The number of hydrogen-bond acceptors (Lipinski definition) is 5. The van der Waals surface area contributed by atoms with Gasteiger partial charge in [0, 0.05) is 29.1 Å². The number of nitro benzene ring substituents is 1. The highest BCUT2D eigenvalue weighted by atomic mass is 35.5. The molecule has 3 aromatic carbocycles. The minimum atomic E-state index is -0.616. The maximum atomic E-state index is 13.4. The minimum absolute atomic E-state index is 0.0167. The standard InChI is InChI=1S/C22H15Cl2N3O4/c23-14-7-5-13(6-8-14)19-12-20(16-3-1-2-4-21(16)28)26(25-19)22(29)17-11-15(27(30)31)9-10-18(17)24/h1-11,20,28H,12H2. The Kier molecular flexibility index (Phi) is 5.63. The Hall–Kier alpha value is -3.42. The summed E-state index contributed by atoms with van der Waals surface area (Å²) in [5.41, 5.74) is 1.58. The molecule has 4 rings (SSSR count). The second-order valence-corrected chi connectivity index (χ2v) is 7.75. The Balaban J connectivity index is 1.79. The molecule has 9 heteroatoms. The van der Waals surface area contributed by atoms with Gasteiger partial charge in [-0.3, -0.25) is 14.9 Å². The number of hydrogen-bond donors (Lipinski definition) is 1. The SMILES string of the molecule is O=C(c1cc([N+](=O)[O-])ccc1Cl)N1N=C(c2ccc(Cl)cc2)CC1c1ccccc1O. The predicted molar refractivity (Wildman–Crippen MR) is 118 cm³/mol. The van der Waals surface area contributed by atoms with Crippen molar-refractivity contribution in [1.82, 2.24) is 5.01 Å². The number of halogens is 2. The predicted octanol–water partition coefficient (Wildman–Crippen LogP) is 5.60. The number of rotatable bonds is 4. The van der Waals surface area contributed by atoms with Crippen molar-refractivity contribution in [2.75, 3.05) is 0 Å². The molecule has 1 heterocycles. The van der Waals surface area contributed by atoms with E-state index in [-0.39, 0.29) is 22.0 Å². The number of carbonyl (C=O) groups is 1. The van der Waals surface area contributed by atoms with Crippen LogP contribution in [0.3, 0.4) is 0 Å². The molecule has 1 atom stereocenters. The first-order valence-electron chi connectivity index (χ1n) is 9.24. The third-order valence-corrected chi connectivity index (χ3v) is 5.56. The molecule has 3 aromatic rings. The van der Waals surface area contributed by atoms with E-state index in [4.69, 9.17) is 23.2 Å². The molecule has 156 valence electrons. The molecular weight excluding hydrogens is 441 g/mol. The largest absolute Gasteiger partial charge is 0.508 e. The Morgan fingerprint density at radius 1 is 1.10 bits per heavy atom. The maximum absolute atomic E-state index is 13.4. The quantitative estimate of drug-likeness (QED) is 0.408. The van der Waals surface area contributed by atoms with Gasteiger partial charge in [-0.15, -0.1) is 0 Å². The summed E-state index contributed by atoms with van der Waals surface area (Å²) in [7, 11) is 0. The van der Waals surface area contributed by atoms with Gasteiger partial charge in [-0.05, 0) is 29.8 Å². The number of para-hydroxylation sites is 1. The summed E-state index contributed by atoms with van der Waals surface area (Å²) in [5, 5.41) is 27.9. The average Bonchev–Trinajstić information content (AvgIpc) is 3.19. The van der Waals surface area contributed by atoms with Gasteiger partial charge in [-0.2, -0.15) is 5.10 Å². The lowest BCUT2D eigenvalue weighted by Gasteiger charge is -2.23. The fourth-order valence-electron chi connectivity index (χ4n) is 3.44. The molecule has 0 spiro atoms. The highest BCUT2D eigenvalue weighted by molar-refractivity contribution is 6.34. The molecular formula is C22H15Cl2N3O4. The second kappa shape index (κ2) is 8.37. The first-order chi connectivity index (χ1) is 14.8. The van der Waals surface area contributed by atoms with Crippen molar-refractivity contribution < 1.29 is 14.8 Å². The molecule has 1 unspecified atom stereocenters. The second-order valence-electron chi connectivity index (χ2n) is 6.90. The van der Waals surface area contributed by atoms with Crippen molar-refractivity contribution in [3.63, 3.8) is 0 Å². The van der Waals surface area contributed by atoms with Crippen LogP contribution in [-0.2, 0) is 0 Å². The number of amides is 1. The van der Waals surface area contributed by atoms with E-state index in [1.807, 2.05) is 0 Å². The molecule has 0 aromatic heterocycles. The number of non-ortho nitro benzene ring substituents is 1. The number of phenolic OH excluding ortho intramolecular Hbond substituents is 1. The van der Waals surface area contributed by atoms with Crippen molar-refractivity contribution in [2.45, 2.75) is 12.5 Å². The van der Waals surface area contributed by atoms with E-state index < -0.39 is 16.9 Å². The topological polar surface area (TPSA) is 96.0 Å². The maximum Gasteiger partial charge on any atom is 0.276 e. The lowest BCUT2D eigenvalue weighted by molar-refractivity contribution is -0.384. The van der Waals surface area contributed by atoms with Crippen molar-refractivity contribution in [2.24, 2.45) is 5.10 Å². The lowest BCUT2D eigenvalue weighted by Crippen LogP contribution is -2.27. The minimum Gasteiger partial charge on any atom is -0.508 e. The summed E-state index contributed by atoms with van der Waals surface area (Å²) in [5.74, 6) is -0.589. The highest BCUT2D eigenvalue weighted by Gasteiger charge is 2.36. The van der Waals surface area contributed by atoms with Gasteiger partial charge in [0.15, 0.2) is 0 Å². The molecule has 1 amide bonds. The van der Waals surface area contributed by atoms with Crippen molar-refractivity contribution in [1.29, 1.82) is 0 Å². The van der Waals surface area contributed by atoms with E-state index >= 15 is 0 Å².